The topological polar surface area (TPSA) is 55.1 Å². The predicted molar refractivity (Wildman–Crippen MR) is 132 cm³/mol. The summed E-state index contributed by atoms with van der Waals surface area (Å²) >= 11 is 0. The Kier molecular flexibility index (Phi) is 5.49. The van der Waals surface area contributed by atoms with Gasteiger partial charge in [0.05, 0.1) is 5.69 Å². The van der Waals surface area contributed by atoms with Gasteiger partial charge in [0, 0.05) is 23.2 Å². The van der Waals surface area contributed by atoms with Crippen molar-refractivity contribution in [1.82, 2.24) is 9.78 Å². The summed E-state index contributed by atoms with van der Waals surface area (Å²) in [5, 5.41) is 16.5. The van der Waals surface area contributed by atoms with Gasteiger partial charge in [0.25, 0.3) is 0 Å². The molecule has 0 amide bonds. The lowest BCUT2D eigenvalue weighted by Crippen LogP contribution is -2.11. The van der Waals surface area contributed by atoms with Gasteiger partial charge in [-0.2, -0.15) is 5.10 Å². The van der Waals surface area contributed by atoms with Crippen LogP contribution in [0.4, 0.5) is 0 Å². The zero-order chi connectivity index (χ0) is 22.8. The first-order valence-corrected chi connectivity index (χ1v) is 11.0. The quantitative estimate of drug-likeness (QED) is 0.340. The second-order valence-electron chi connectivity index (χ2n) is 8.19. The Bertz CT molecular complexity index is 1450. The van der Waals surface area contributed by atoms with Crippen molar-refractivity contribution in [3.8, 4) is 22.4 Å². The van der Waals surface area contributed by atoms with Gasteiger partial charge >= 0.3 is 5.97 Å². The van der Waals surface area contributed by atoms with Gasteiger partial charge in [-0.15, -0.1) is 0 Å². The molecule has 0 fully saturated rings. The van der Waals surface area contributed by atoms with Crippen LogP contribution in [0.1, 0.15) is 16.8 Å². The van der Waals surface area contributed by atoms with E-state index in [1.54, 1.807) is 4.68 Å². The van der Waals surface area contributed by atoms with Gasteiger partial charge in [-0.1, -0.05) is 97.1 Å². The largest absolute Gasteiger partial charge is 0.480 e. The lowest BCUT2D eigenvalue weighted by atomic mass is 9.90. The van der Waals surface area contributed by atoms with E-state index in [1.165, 1.54) is 27.5 Å². The van der Waals surface area contributed by atoms with Crippen molar-refractivity contribution in [2.75, 3.05) is 0 Å². The van der Waals surface area contributed by atoms with Gasteiger partial charge in [-0.3, -0.25) is 9.48 Å². The number of carboxylic acid groups (broad SMARTS) is 1. The molecule has 33 heavy (non-hydrogen) atoms. The van der Waals surface area contributed by atoms with Crippen molar-refractivity contribution in [1.29, 1.82) is 0 Å². The number of rotatable bonds is 6. The Balaban J connectivity index is 1.65. The van der Waals surface area contributed by atoms with Crippen LogP contribution in [-0.2, 0) is 17.8 Å². The maximum absolute atomic E-state index is 11.4. The number of hydrogen-bond acceptors (Lipinski definition) is 2. The van der Waals surface area contributed by atoms with E-state index in [-0.39, 0.29) is 6.54 Å². The molecule has 0 atom stereocenters. The average Bonchev–Trinajstić information content (AvgIpc) is 3.14. The van der Waals surface area contributed by atoms with Crippen molar-refractivity contribution < 1.29 is 9.90 Å². The molecular weight excluding hydrogens is 408 g/mol. The number of fused-ring (bicyclic) bond motifs is 1. The van der Waals surface area contributed by atoms with Crippen molar-refractivity contribution >= 4 is 16.7 Å². The smallest absolute Gasteiger partial charge is 0.325 e. The molecule has 4 aromatic carbocycles. The summed E-state index contributed by atoms with van der Waals surface area (Å²) in [5.74, 6) is -0.900. The molecule has 162 valence electrons. The maximum atomic E-state index is 11.4. The zero-order valence-electron chi connectivity index (χ0n) is 18.4. The molecule has 0 unspecified atom stereocenters. The van der Waals surface area contributed by atoms with Crippen molar-refractivity contribution in [2.24, 2.45) is 0 Å². The molecule has 4 heteroatoms. The third kappa shape index (κ3) is 4.03. The summed E-state index contributed by atoms with van der Waals surface area (Å²) < 4.78 is 1.60. The zero-order valence-corrected chi connectivity index (χ0v) is 18.4. The van der Waals surface area contributed by atoms with Crippen LogP contribution in [0.15, 0.2) is 97.1 Å². The molecule has 0 saturated carbocycles. The van der Waals surface area contributed by atoms with Crippen LogP contribution in [0, 0.1) is 6.92 Å². The lowest BCUT2D eigenvalue weighted by molar-refractivity contribution is -0.137. The van der Waals surface area contributed by atoms with Crippen LogP contribution in [0.5, 0.6) is 0 Å². The number of carbonyl (C=O) groups is 1. The Morgan fingerprint density at radius 3 is 2.30 bits per heavy atom. The fourth-order valence-corrected chi connectivity index (χ4v) is 4.49. The predicted octanol–water partition coefficient (Wildman–Crippen LogP) is 6.35. The third-order valence-electron chi connectivity index (χ3n) is 6.13. The van der Waals surface area contributed by atoms with E-state index in [1.807, 2.05) is 37.3 Å². The molecule has 1 heterocycles. The van der Waals surface area contributed by atoms with Gasteiger partial charge in [-0.25, -0.2) is 0 Å². The Morgan fingerprint density at radius 1 is 0.818 bits per heavy atom. The molecule has 0 aliphatic carbocycles. The highest BCUT2D eigenvalue weighted by atomic mass is 16.4. The minimum Gasteiger partial charge on any atom is -0.480 e. The second-order valence-corrected chi connectivity index (χ2v) is 8.19. The fraction of sp³-hybridized carbons (Fsp3) is 0.103. The summed E-state index contributed by atoms with van der Waals surface area (Å²) in [4.78, 5) is 11.4. The molecule has 0 saturated heterocycles. The van der Waals surface area contributed by atoms with Crippen LogP contribution in [0.3, 0.4) is 0 Å². The van der Waals surface area contributed by atoms with E-state index >= 15 is 0 Å². The fourth-order valence-electron chi connectivity index (χ4n) is 4.49. The standard InChI is InChI=1S/C29H24N2O2/c1-20-27(29(22-11-3-2-4-12-22)30-31(20)19-28(32)33)18-23-13-6-8-16-25(23)26-17-9-14-21-10-5-7-15-24(21)26/h2-17H,18-19H2,1H3,(H,32,33). The first kappa shape index (κ1) is 20.7. The number of benzene rings is 4. The molecule has 1 aromatic heterocycles. The van der Waals surface area contributed by atoms with E-state index in [4.69, 9.17) is 5.10 Å². The summed E-state index contributed by atoms with van der Waals surface area (Å²) in [6.07, 6.45) is 0.662. The lowest BCUT2D eigenvalue weighted by Gasteiger charge is -2.13. The highest BCUT2D eigenvalue weighted by Gasteiger charge is 2.19. The molecule has 5 rings (SSSR count). The van der Waals surface area contributed by atoms with Gasteiger partial charge < -0.3 is 5.11 Å². The molecule has 5 aromatic rings. The van der Waals surface area contributed by atoms with Crippen LogP contribution >= 0.6 is 0 Å². The number of nitrogens with zero attached hydrogens (tertiary/aromatic N) is 2. The highest BCUT2D eigenvalue weighted by Crippen LogP contribution is 2.34. The number of aromatic nitrogens is 2. The van der Waals surface area contributed by atoms with Gasteiger partial charge in [-0.05, 0) is 34.4 Å². The Hall–Kier alpha value is -4.18. The number of carboxylic acids is 1. The number of hydrogen-bond donors (Lipinski definition) is 1. The maximum Gasteiger partial charge on any atom is 0.325 e. The number of aliphatic carboxylic acids is 1. The molecule has 0 bridgehead atoms. The minimum absolute atomic E-state index is 0.156. The third-order valence-corrected chi connectivity index (χ3v) is 6.13. The van der Waals surface area contributed by atoms with E-state index in [0.29, 0.717) is 6.42 Å². The molecule has 4 nitrogen and oxygen atoms in total. The van der Waals surface area contributed by atoms with Gasteiger partial charge in [0.1, 0.15) is 6.54 Å². The van der Waals surface area contributed by atoms with Crippen LogP contribution in [0.25, 0.3) is 33.2 Å². The van der Waals surface area contributed by atoms with Crippen LogP contribution in [-0.4, -0.2) is 20.9 Å². The molecule has 0 spiro atoms. The minimum atomic E-state index is -0.900. The normalized spacial score (nSPS) is 11.1. The molecule has 1 N–H and O–H groups in total. The summed E-state index contributed by atoms with van der Waals surface area (Å²) in [5.41, 5.74) is 7.31. The first-order chi connectivity index (χ1) is 16.1. The summed E-state index contributed by atoms with van der Waals surface area (Å²) in [6.45, 7) is 1.80. The summed E-state index contributed by atoms with van der Waals surface area (Å²) in [6, 6.07) is 33.2. The second kappa shape index (κ2) is 8.75. The highest BCUT2D eigenvalue weighted by molar-refractivity contribution is 5.97. The van der Waals surface area contributed by atoms with Gasteiger partial charge in [0.15, 0.2) is 0 Å². The molecular formula is C29H24N2O2. The van der Waals surface area contributed by atoms with E-state index in [0.717, 1.165) is 22.5 Å². The van der Waals surface area contributed by atoms with E-state index in [9.17, 15) is 9.90 Å². The first-order valence-electron chi connectivity index (χ1n) is 11.0. The molecule has 0 aliphatic heterocycles. The van der Waals surface area contributed by atoms with Gasteiger partial charge in [0.2, 0.25) is 0 Å². The van der Waals surface area contributed by atoms with E-state index in [2.05, 4.69) is 66.7 Å². The summed E-state index contributed by atoms with van der Waals surface area (Å²) in [7, 11) is 0. The van der Waals surface area contributed by atoms with E-state index < -0.39 is 5.97 Å². The average molecular weight is 433 g/mol. The SMILES string of the molecule is Cc1c(Cc2ccccc2-c2cccc3ccccc23)c(-c2ccccc2)nn1CC(=O)O. The van der Waals surface area contributed by atoms with Crippen molar-refractivity contribution in [3.05, 3.63) is 114 Å². The Labute approximate surface area is 192 Å². The van der Waals surface area contributed by atoms with Crippen molar-refractivity contribution in [3.63, 3.8) is 0 Å². The monoisotopic (exact) mass is 432 g/mol. The molecule has 0 radical (unpaired) electrons. The van der Waals surface area contributed by atoms with Crippen LogP contribution in [0.2, 0.25) is 0 Å². The Morgan fingerprint density at radius 2 is 1.48 bits per heavy atom. The molecule has 0 aliphatic rings. The van der Waals surface area contributed by atoms with Crippen LogP contribution < -0.4 is 0 Å². The van der Waals surface area contributed by atoms with Crippen molar-refractivity contribution in [2.45, 2.75) is 19.9 Å².